The zero-order valence-electron chi connectivity index (χ0n) is 21.4. The first-order chi connectivity index (χ1) is 18.6. The number of nitrogens with zero attached hydrogens (tertiary/aromatic N) is 3. The first-order valence-corrected chi connectivity index (χ1v) is 12.5. The van der Waals surface area contributed by atoms with Crippen molar-refractivity contribution < 1.29 is 32.2 Å². The molecule has 39 heavy (non-hydrogen) atoms. The molecule has 3 aromatic rings. The fourth-order valence-corrected chi connectivity index (χ4v) is 5.19. The van der Waals surface area contributed by atoms with Crippen molar-refractivity contribution in [3.05, 3.63) is 77.0 Å². The zero-order valence-corrected chi connectivity index (χ0v) is 21.4. The number of benzene rings is 2. The average molecular weight is 541 g/mol. The number of fused-ring (bicyclic) bond motifs is 2. The van der Waals surface area contributed by atoms with Gasteiger partial charge in [0.15, 0.2) is 0 Å². The molecule has 1 N–H and O–H groups in total. The molecule has 0 spiro atoms. The third kappa shape index (κ3) is 5.62. The van der Waals surface area contributed by atoms with Crippen LogP contribution in [0.25, 0.3) is 0 Å². The van der Waals surface area contributed by atoms with E-state index in [1.807, 2.05) is 17.0 Å². The summed E-state index contributed by atoms with van der Waals surface area (Å²) in [5.41, 5.74) is 4.19. The van der Waals surface area contributed by atoms with E-state index in [0.29, 0.717) is 54.3 Å². The summed E-state index contributed by atoms with van der Waals surface area (Å²) in [5, 5.41) is 2.94. The van der Waals surface area contributed by atoms with Crippen molar-refractivity contribution in [1.82, 2.24) is 9.88 Å². The molecule has 5 rings (SSSR count). The lowest BCUT2D eigenvalue weighted by molar-refractivity contribution is -0.274. The van der Waals surface area contributed by atoms with Gasteiger partial charge in [0, 0.05) is 61.5 Å². The largest absolute Gasteiger partial charge is 0.573 e. The monoisotopic (exact) mass is 540 g/mol. The van der Waals surface area contributed by atoms with Crippen molar-refractivity contribution in [3.8, 4) is 11.6 Å². The van der Waals surface area contributed by atoms with Gasteiger partial charge >= 0.3 is 6.36 Å². The number of nitrogens with one attached hydrogen (secondary N) is 1. The number of aromatic nitrogens is 1. The summed E-state index contributed by atoms with van der Waals surface area (Å²) in [5.74, 6) is -0.348. The van der Waals surface area contributed by atoms with E-state index >= 15 is 0 Å². The van der Waals surface area contributed by atoms with Crippen molar-refractivity contribution in [2.45, 2.75) is 38.7 Å². The molecule has 2 aromatic carbocycles. The normalized spacial score (nSPS) is 16.4. The number of hydrogen-bond donors (Lipinski definition) is 1. The summed E-state index contributed by atoms with van der Waals surface area (Å²) in [4.78, 5) is 33.8. The number of halogens is 3. The predicted molar refractivity (Wildman–Crippen MR) is 138 cm³/mol. The highest BCUT2D eigenvalue weighted by molar-refractivity contribution is 5.98. The van der Waals surface area contributed by atoms with Crippen molar-refractivity contribution in [1.29, 1.82) is 0 Å². The molecular formula is C28H27F3N4O4. The maximum Gasteiger partial charge on any atom is 0.573 e. The van der Waals surface area contributed by atoms with Crippen LogP contribution >= 0.6 is 0 Å². The van der Waals surface area contributed by atoms with Crippen LogP contribution < -0.4 is 19.7 Å². The third-order valence-electron chi connectivity index (χ3n) is 6.94. The topological polar surface area (TPSA) is 84.0 Å². The zero-order chi connectivity index (χ0) is 27.7. The molecule has 2 aliphatic heterocycles. The van der Waals surface area contributed by atoms with E-state index in [2.05, 4.69) is 15.0 Å². The standard InChI is InChI=1S/C28H27F3N4O4/c1-17(36)35-14-12-22-21(8-10-25(33-22)38-2)26(35)27(37)32-20-7-9-23-18(15-20)11-13-34(23)16-19-5-3-4-6-24(19)39-28(29,30)31/h3-10,15,26H,11-14,16H2,1-2H3,(H,32,37). The molecule has 0 fully saturated rings. The van der Waals surface area contributed by atoms with Gasteiger partial charge in [0.1, 0.15) is 11.8 Å². The minimum atomic E-state index is -4.77. The number of carbonyl (C=O) groups excluding carboxylic acids is 2. The lowest BCUT2D eigenvalue weighted by Gasteiger charge is -2.35. The number of methoxy groups -OCH3 is 1. The molecule has 1 atom stereocenters. The lowest BCUT2D eigenvalue weighted by atomic mass is 9.95. The molecule has 11 heteroatoms. The van der Waals surface area contributed by atoms with Gasteiger partial charge in [-0.1, -0.05) is 18.2 Å². The summed E-state index contributed by atoms with van der Waals surface area (Å²) >= 11 is 0. The van der Waals surface area contributed by atoms with E-state index in [1.165, 1.54) is 31.1 Å². The van der Waals surface area contributed by atoms with E-state index < -0.39 is 12.4 Å². The Kier molecular flexibility index (Phi) is 7.07. The Balaban J connectivity index is 1.34. The van der Waals surface area contributed by atoms with Crippen LogP contribution in [0.5, 0.6) is 11.6 Å². The molecule has 8 nitrogen and oxygen atoms in total. The summed E-state index contributed by atoms with van der Waals surface area (Å²) in [6.07, 6.45) is -3.59. The number of hydrogen-bond acceptors (Lipinski definition) is 6. The van der Waals surface area contributed by atoms with Crippen LogP contribution in [0, 0.1) is 0 Å². The van der Waals surface area contributed by atoms with Crippen molar-refractivity contribution >= 4 is 23.2 Å². The molecule has 0 radical (unpaired) electrons. The first kappa shape index (κ1) is 26.3. The number of ether oxygens (including phenoxy) is 2. The molecule has 2 aliphatic rings. The van der Waals surface area contributed by atoms with Gasteiger partial charge in [-0.25, -0.2) is 4.98 Å². The number of carbonyl (C=O) groups is 2. The van der Waals surface area contributed by atoms with Crippen molar-refractivity contribution in [2.75, 3.05) is 30.4 Å². The van der Waals surface area contributed by atoms with Crippen molar-refractivity contribution in [3.63, 3.8) is 0 Å². The Morgan fingerprint density at radius 2 is 1.87 bits per heavy atom. The summed E-state index contributed by atoms with van der Waals surface area (Å²) in [6.45, 7) is 2.64. The van der Waals surface area contributed by atoms with E-state index in [-0.39, 0.29) is 24.1 Å². The van der Waals surface area contributed by atoms with Crippen LogP contribution in [0.4, 0.5) is 24.5 Å². The highest BCUT2D eigenvalue weighted by Gasteiger charge is 2.36. The van der Waals surface area contributed by atoms with E-state index in [0.717, 1.165) is 11.3 Å². The fraction of sp³-hybridized carbons (Fsp3) is 0.321. The second kappa shape index (κ2) is 10.5. The van der Waals surface area contributed by atoms with Crippen LogP contribution in [0.15, 0.2) is 54.6 Å². The Morgan fingerprint density at radius 3 is 2.62 bits per heavy atom. The van der Waals surface area contributed by atoms with Gasteiger partial charge in [-0.05, 0) is 42.3 Å². The maximum absolute atomic E-state index is 13.5. The predicted octanol–water partition coefficient (Wildman–Crippen LogP) is 4.64. The van der Waals surface area contributed by atoms with E-state index in [9.17, 15) is 22.8 Å². The number of amides is 2. The van der Waals surface area contributed by atoms with E-state index in [1.54, 1.807) is 30.3 Å². The van der Waals surface area contributed by atoms with Gasteiger partial charge in [-0.3, -0.25) is 9.59 Å². The molecule has 0 bridgehead atoms. The third-order valence-corrected chi connectivity index (χ3v) is 6.94. The number of alkyl halides is 3. The second-order valence-electron chi connectivity index (χ2n) is 9.41. The van der Waals surface area contributed by atoms with Crippen LogP contribution in [0.1, 0.15) is 35.3 Å². The van der Waals surface area contributed by atoms with Crippen LogP contribution in [-0.4, -0.2) is 48.3 Å². The number of rotatable bonds is 6. The van der Waals surface area contributed by atoms with Crippen molar-refractivity contribution in [2.24, 2.45) is 0 Å². The minimum absolute atomic E-state index is 0.212. The van der Waals surface area contributed by atoms with Gasteiger partial charge in [0.05, 0.1) is 12.8 Å². The number of anilines is 2. The van der Waals surface area contributed by atoms with Crippen LogP contribution in [0.3, 0.4) is 0 Å². The van der Waals surface area contributed by atoms with Gasteiger partial charge in [-0.15, -0.1) is 13.2 Å². The molecule has 3 heterocycles. The highest BCUT2D eigenvalue weighted by atomic mass is 19.4. The van der Waals surface area contributed by atoms with E-state index in [4.69, 9.17) is 4.74 Å². The summed E-state index contributed by atoms with van der Waals surface area (Å²) in [6, 6.07) is 14.1. The number of pyridine rings is 1. The van der Waals surface area contributed by atoms with Gasteiger partial charge in [-0.2, -0.15) is 0 Å². The number of para-hydroxylation sites is 1. The fourth-order valence-electron chi connectivity index (χ4n) is 5.19. The Labute approximate surface area is 223 Å². The summed E-state index contributed by atoms with van der Waals surface area (Å²) < 4.78 is 47.9. The molecule has 1 aromatic heterocycles. The molecule has 204 valence electrons. The lowest BCUT2D eigenvalue weighted by Crippen LogP contribution is -2.44. The Bertz CT molecular complexity index is 1410. The minimum Gasteiger partial charge on any atom is -0.481 e. The maximum atomic E-state index is 13.5. The Hall–Kier alpha value is -4.28. The second-order valence-corrected chi connectivity index (χ2v) is 9.41. The van der Waals surface area contributed by atoms with Gasteiger partial charge < -0.3 is 24.6 Å². The highest BCUT2D eigenvalue weighted by Crippen LogP contribution is 2.36. The average Bonchev–Trinajstić information content (AvgIpc) is 3.29. The molecular weight excluding hydrogens is 513 g/mol. The first-order valence-electron chi connectivity index (χ1n) is 12.5. The van der Waals surface area contributed by atoms with Gasteiger partial charge in [0.2, 0.25) is 11.8 Å². The van der Waals surface area contributed by atoms with Gasteiger partial charge in [0.25, 0.3) is 5.91 Å². The molecule has 2 amide bonds. The Morgan fingerprint density at radius 1 is 1.08 bits per heavy atom. The summed E-state index contributed by atoms with van der Waals surface area (Å²) in [7, 11) is 1.52. The molecule has 1 unspecified atom stereocenters. The molecule has 0 saturated heterocycles. The van der Waals surface area contributed by atoms with Crippen LogP contribution in [0.2, 0.25) is 0 Å². The molecule has 0 aliphatic carbocycles. The SMILES string of the molecule is COc1ccc2c(n1)CCN(C(C)=O)C2C(=O)Nc1ccc2c(c1)CCN2Cc1ccccc1OC(F)(F)F. The van der Waals surface area contributed by atoms with Crippen LogP contribution in [-0.2, 0) is 29.0 Å². The smallest absolute Gasteiger partial charge is 0.481 e. The quantitative estimate of drug-likeness (QED) is 0.491. The molecule has 0 saturated carbocycles.